The Morgan fingerprint density at radius 2 is 2.56 bits per heavy atom. The van der Waals surface area contributed by atoms with Crippen molar-refractivity contribution in [2.24, 2.45) is 5.73 Å². The number of carbonyl (C=O) groups is 1. The van der Waals surface area contributed by atoms with Gasteiger partial charge in [0.2, 0.25) is 0 Å². The molecule has 0 saturated heterocycles. The van der Waals surface area contributed by atoms with Crippen molar-refractivity contribution in [3.05, 3.63) is 17.8 Å². The highest BCUT2D eigenvalue weighted by Crippen LogP contribution is 1.97. The fraction of sp³-hybridized carbons (Fsp3) is 0.200. The Kier molecular flexibility index (Phi) is 1.22. The molecule has 0 radical (unpaired) electrons. The first-order valence-electron chi connectivity index (χ1n) is 2.42. The summed E-state index contributed by atoms with van der Waals surface area (Å²) < 4.78 is 4.71. The number of aromatic nitrogens is 1. The maximum Gasteiger partial charge on any atom is 0.270 e. The van der Waals surface area contributed by atoms with E-state index in [2.05, 4.69) is 4.98 Å². The molecule has 0 aliphatic rings. The van der Waals surface area contributed by atoms with Crippen molar-refractivity contribution in [1.29, 1.82) is 0 Å². The summed E-state index contributed by atoms with van der Waals surface area (Å²) in [6.45, 7) is 1.65. The molecule has 48 valence electrons. The fourth-order valence-corrected chi connectivity index (χ4v) is 0.477. The second-order valence-corrected chi connectivity index (χ2v) is 1.62. The van der Waals surface area contributed by atoms with E-state index in [1.807, 2.05) is 0 Å². The SMILES string of the molecule is Cc1nc(C(N)=O)co1. The Labute approximate surface area is 51.7 Å². The summed E-state index contributed by atoms with van der Waals surface area (Å²) in [7, 11) is 0. The molecule has 1 amide bonds. The van der Waals surface area contributed by atoms with E-state index in [1.165, 1.54) is 6.26 Å². The highest BCUT2D eigenvalue weighted by molar-refractivity contribution is 5.90. The molecule has 1 heterocycles. The minimum Gasteiger partial charge on any atom is -0.448 e. The number of aryl methyl sites for hydroxylation is 1. The van der Waals surface area contributed by atoms with Crippen molar-refractivity contribution >= 4 is 5.91 Å². The second kappa shape index (κ2) is 1.89. The molecule has 0 fully saturated rings. The van der Waals surface area contributed by atoms with Crippen LogP contribution in [0, 0.1) is 6.92 Å². The van der Waals surface area contributed by atoms with Crippen LogP contribution in [0.4, 0.5) is 0 Å². The molecule has 1 aromatic rings. The monoisotopic (exact) mass is 126 g/mol. The van der Waals surface area contributed by atoms with E-state index in [0.29, 0.717) is 5.89 Å². The minimum atomic E-state index is -0.563. The average Bonchev–Trinajstić information content (AvgIpc) is 2.14. The molecule has 1 rings (SSSR count). The van der Waals surface area contributed by atoms with Crippen LogP contribution in [-0.2, 0) is 0 Å². The van der Waals surface area contributed by atoms with Gasteiger partial charge in [0.15, 0.2) is 11.6 Å². The molecule has 0 saturated carbocycles. The molecule has 4 heteroatoms. The number of amides is 1. The standard InChI is InChI=1S/C5H6N2O2/c1-3-7-4(2-9-3)5(6)8/h2H,1H3,(H2,6,8). The lowest BCUT2D eigenvalue weighted by Crippen LogP contribution is -2.10. The van der Waals surface area contributed by atoms with E-state index in [-0.39, 0.29) is 5.69 Å². The van der Waals surface area contributed by atoms with E-state index >= 15 is 0 Å². The van der Waals surface area contributed by atoms with Gasteiger partial charge in [-0.2, -0.15) is 0 Å². The third-order valence-corrected chi connectivity index (χ3v) is 0.871. The van der Waals surface area contributed by atoms with Gasteiger partial charge in [0.1, 0.15) is 6.26 Å². The number of hydrogen-bond acceptors (Lipinski definition) is 3. The van der Waals surface area contributed by atoms with Crippen molar-refractivity contribution in [2.45, 2.75) is 6.92 Å². The number of primary amides is 1. The zero-order chi connectivity index (χ0) is 6.85. The predicted molar refractivity (Wildman–Crippen MR) is 29.8 cm³/mol. The number of nitrogens with two attached hydrogens (primary N) is 1. The van der Waals surface area contributed by atoms with Crippen LogP contribution >= 0.6 is 0 Å². The largest absolute Gasteiger partial charge is 0.448 e. The van der Waals surface area contributed by atoms with Crippen molar-refractivity contribution in [3.63, 3.8) is 0 Å². The van der Waals surface area contributed by atoms with Crippen LogP contribution in [0.25, 0.3) is 0 Å². The number of rotatable bonds is 1. The lowest BCUT2D eigenvalue weighted by atomic mass is 10.5. The first kappa shape index (κ1) is 5.81. The lowest BCUT2D eigenvalue weighted by Gasteiger charge is -1.78. The normalized spacial score (nSPS) is 9.44. The van der Waals surface area contributed by atoms with E-state index in [4.69, 9.17) is 10.2 Å². The molecule has 0 aromatic carbocycles. The van der Waals surface area contributed by atoms with Gasteiger partial charge in [-0.1, -0.05) is 0 Å². The van der Waals surface area contributed by atoms with Crippen LogP contribution in [-0.4, -0.2) is 10.9 Å². The van der Waals surface area contributed by atoms with Gasteiger partial charge < -0.3 is 10.2 Å². The second-order valence-electron chi connectivity index (χ2n) is 1.62. The zero-order valence-corrected chi connectivity index (χ0v) is 4.92. The quantitative estimate of drug-likeness (QED) is 0.579. The van der Waals surface area contributed by atoms with Crippen molar-refractivity contribution in [2.75, 3.05) is 0 Å². The summed E-state index contributed by atoms with van der Waals surface area (Å²) in [5, 5.41) is 0. The maximum atomic E-state index is 10.3. The summed E-state index contributed by atoms with van der Waals surface area (Å²) in [6.07, 6.45) is 1.23. The van der Waals surface area contributed by atoms with Gasteiger partial charge in [0.25, 0.3) is 5.91 Å². The number of oxazole rings is 1. The van der Waals surface area contributed by atoms with Gasteiger partial charge in [0, 0.05) is 6.92 Å². The Hall–Kier alpha value is -1.32. The van der Waals surface area contributed by atoms with Crippen LogP contribution in [0.5, 0.6) is 0 Å². The lowest BCUT2D eigenvalue weighted by molar-refractivity contribution is 0.0995. The predicted octanol–water partition coefficient (Wildman–Crippen LogP) is 0.0819. The molecule has 0 aliphatic carbocycles. The first-order valence-corrected chi connectivity index (χ1v) is 2.42. The summed E-state index contributed by atoms with van der Waals surface area (Å²) in [6, 6.07) is 0. The van der Waals surface area contributed by atoms with Gasteiger partial charge in [-0.25, -0.2) is 4.98 Å². The summed E-state index contributed by atoms with van der Waals surface area (Å²) in [4.78, 5) is 14.0. The smallest absolute Gasteiger partial charge is 0.270 e. The molecule has 2 N–H and O–H groups in total. The maximum absolute atomic E-state index is 10.3. The molecule has 4 nitrogen and oxygen atoms in total. The van der Waals surface area contributed by atoms with Crippen LogP contribution in [0.15, 0.2) is 10.7 Å². The number of hydrogen-bond donors (Lipinski definition) is 1. The first-order chi connectivity index (χ1) is 4.20. The average molecular weight is 126 g/mol. The van der Waals surface area contributed by atoms with E-state index in [0.717, 1.165) is 0 Å². The molecule has 0 atom stereocenters. The van der Waals surface area contributed by atoms with Crippen LogP contribution < -0.4 is 5.73 Å². The van der Waals surface area contributed by atoms with Crippen molar-refractivity contribution < 1.29 is 9.21 Å². The fourth-order valence-electron chi connectivity index (χ4n) is 0.477. The summed E-state index contributed by atoms with van der Waals surface area (Å²) >= 11 is 0. The summed E-state index contributed by atoms with van der Waals surface area (Å²) in [5.41, 5.74) is 5.04. The third-order valence-electron chi connectivity index (χ3n) is 0.871. The van der Waals surface area contributed by atoms with Crippen LogP contribution in [0.2, 0.25) is 0 Å². The van der Waals surface area contributed by atoms with Gasteiger partial charge in [0.05, 0.1) is 0 Å². The molecule has 0 bridgehead atoms. The minimum absolute atomic E-state index is 0.174. The molecule has 0 unspecified atom stereocenters. The molecule has 0 spiro atoms. The zero-order valence-electron chi connectivity index (χ0n) is 4.92. The van der Waals surface area contributed by atoms with Gasteiger partial charge >= 0.3 is 0 Å². The molecular weight excluding hydrogens is 120 g/mol. The van der Waals surface area contributed by atoms with E-state index in [1.54, 1.807) is 6.92 Å². The molecule has 0 aliphatic heterocycles. The van der Waals surface area contributed by atoms with E-state index in [9.17, 15) is 4.79 Å². The van der Waals surface area contributed by atoms with Crippen molar-refractivity contribution in [3.8, 4) is 0 Å². The Balaban J connectivity index is 2.98. The van der Waals surface area contributed by atoms with Gasteiger partial charge in [-0.15, -0.1) is 0 Å². The van der Waals surface area contributed by atoms with Gasteiger partial charge in [-0.05, 0) is 0 Å². The highest BCUT2D eigenvalue weighted by Gasteiger charge is 2.03. The molecular formula is C5H6N2O2. The Morgan fingerprint density at radius 3 is 2.78 bits per heavy atom. The van der Waals surface area contributed by atoms with Crippen LogP contribution in [0.3, 0.4) is 0 Å². The van der Waals surface area contributed by atoms with Crippen molar-refractivity contribution in [1.82, 2.24) is 4.98 Å². The number of carbonyl (C=O) groups excluding carboxylic acids is 1. The third kappa shape index (κ3) is 1.07. The topological polar surface area (TPSA) is 69.1 Å². The Morgan fingerprint density at radius 1 is 1.89 bits per heavy atom. The summed E-state index contributed by atoms with van der Waals surface area (Å²) in [5.74, 6) is -0.115. The molecule has 9 heavy (non-hydrogen) atoms. The van der Waals surface area contributed by atoms with Gasteiger partial charge in [-0.3, -0.25) is 4.79 Å². The van der Waals surface area contributed by atoms with Crippen LogP contribution in [0.1, 0.15) is 16.4 Å². The highest BCUT2D eigenvalue weighted by atomic mass is 16.3. The Bertz CT molecular complexity index is 229. The molecule has 1 aromatic heterocycles. The van der Waals surface area contributed by atoms with E-state index < -0.39 is 5.91 Å². The number of nitrogens with zero attached hydrogens (tertiary/aromatic N) is 1.